The number of amides is 1. The molecule has 0 saturated heterocycles. The summed E-state index contributed by atoms with van der Waals surface area (Å²) in [5.74, 6) is 0.0893. The lowest BCUT2D eigenvalue weighted by molar-refractivity contribution is -0.116. The van der Waals surface area contributed by atoms with Crippen LogP contribution in [0, 0.1) is 0 Å². The van der Waals surface area contributed by atoms with Gasteiger partial charge in [-0.25, -0.2) is 4.98 Å². The Morgan fingerprint density at radius 1 is 1.38 bits per heavy atom. The first-order chi connectivity index (χ1) is 7.79. The number of carbonyl (C=O) groups is 1. The lowest BCUT2D eigenvalue weighted by Gasteiger charge is -1.98. The molecule has 88 valence electrons. The van der Waals surface area contributed by atoms with Crippen LogP contribution in [-0.2, 0) is 17.6 Å². The molecule has 3 nitrogen and oxygen atoms in total. The van der Waals surface area contributed by atoms with Gasteiger partial charge in [-0.05, 0) is 32.1 Å². The molecule has 2 rings (SSSR count). The molecule has 0 unspecified atom stereocenters. The van der Waals surface area contributed by atoms with Crippen LogP contribution in [-0.4, -0.2) is 10.9 Å². The van der Waals surface area contributed by atoms with Gasteiger partial charge in [0.1, 0.15) is 0 Å². The molecule has 0 bridgehead atoms. The molecule has 0 radical (unpaired) electrons. The van der Waals surface area contributed by atoms with Crippen LogP contribution in [0.2, 0.25) is 0 Å². The third-order valence-electron chi connectivity index (χ3n) is 2.82. The van der Waals surface area contributed by atoms with Crippen molar-refractivity contribution in [1.82, 2.24) is 4.98 Å². The zero-order valence-corrected chi connectivity index (χ0v) is 10.5. The molecule has 0 atom stereocenters. The Balaban J connectivity index is 2.03. The number of thiazole rings is 1. The van der Waals surface area contributed by atoms with Crippen LogP contribution in [0.1, 0.15) is 49.6 Å². The summed E-state index contributed by atoms with van der Waals surface area (Å²) in [4.78, 5) is 17.3. The van der Waals surface area contributed by atoms with Gasteiger partial charge in [0.2, 0.25) is 5.91 Å². The van der Waals surface area contributed by atoms with Gasteiger partial charge in [0.15, 0.2) is 5.13 Å². The Hall–Kier alpha value is -0.900. The normalized spacial score (nSPS) is 15.3. The number of anilines is 1. The average Bonchev–Trinajstić information content (AvgIpc) is 2.48. The minimum Gasteiger partial charge on any atom is -0.302 e. The Morgan fingerprint density at radius 2 is 2.19 bits per heavy atom. The molecule has 0 spiro atoms. The molecular formula is C12H18N2OS. The maximum Gasteiger partial charge on any atom is 0.226 e. The number of nitrogens with zero attached hydrogens (tertiary/aromatic N) is 1. The van der Waals surface area contributed by atoms with E-state index in [0.717, 1.165) is 24.4 Å². The number of hydrogen-bond acceptors (Lipinski definition) is 3. The van der Waals surface area contributed by atoms with Crippen LogP contribution in [0.4, 0.5) is 5.13 Å². The van der Waals surface area contributed by atoms with Gasteiger partial charge in [-0.15, -0.1) is 11.3 Å². The van der Waals surface area contributed by atoms with E-state index in [1.807, 2.05) is 6.92 Å². The maximum absolute atomic E-state index is 11.4. The molecule has 1 aliphatic carbocycles. The highest BCUT2D eigenvalue weighted by Crippen LogP contribution is 2.28. The zero-order valence-electron chi connectivity index (χ0n) is 9.71. The van der Waals surface area contributed by atoms with Crippen molar-refractivity contribution in [2.24, 2.45) is 0 Å². The minimum atomic E-state index is 0.0893. The molecule has 16 heavy (non-hydrogen) atoms. The molecule has 1 amide bonds. The fraction of sp³-hybridized carbons (Fsp3) is 0.667. The van der Waals surface area contributed by atoms with Gasteiger partial charge in [-0.1, -0.05) is 13.3 Å². The molecule has 0 fully saturated rings. The van der Waals surface area contributed by atoms with Crippen molar-refractivity contribution >= 4 is 22.4 Å². The van der Waals surface area contributed by atoms with Crippen molar-refractivity contribution in [1.29, 1.82) is 0 Å². The van der Waals surface area contributed by atoms with E-state index >= 15 is 0 Å². The summed E-state index contributed by atoms with van der Waals surface area (Å²) in [6.45, 7) is 2.01. The van der Waals surface area contributed by atoms with Gasteiger partial charge in [0, 0.05) is 11.3 Å². The number of rotatable bonds is 3. The maximum atomic E-state index is 11.4. The monoisotopic (exact) mass is 238 g/mol. The lowest BCUT2D eigenvalue weighted by atomic mass is 10.2. The molecule has 0 saturated carbocycles. The van der Waals surface area contributed by atoms with E-state index in [1.165, 1.54) is 29.8 Å². The quantitative estimate of drug-likeness (QED) is 0.822. The van der Waals surface area contributed by atoms with Gasteiger partial charge in [0.25, 0.3) is 0 Å². The number of fused-ring (bicyclic) bond motifs is 1. The first-order valence-corrected chi connectivity index (χ1v) is 6.89. The summed E-state index contributed by atoms with van der Waals surface area (Å²) in [7, 11) is 0. The molecule has 1 aromatic rings. The van der Waals surface area contributed by atoms with Crippen LogP contribution >= 0.6 is 11.3 Å². The Morgan fingerprint density at radius 3 is 3.00 bits per heavy atom. The van der Waals surface area contributed by atoms with Crippen molar-refractivity contribution in [2.75, 3.05) is 5.32 Å². The van der Waals surface area contributed by atoms with Gasteiger partial charge in [0.05, 0.1) is 5.69 Å². The van der Waals surface area contributed by atoms with Crippen LogP contribution in [0.25, 0.3) is 0 Å². The van der Waals surface area contributed by atoms with Gasteiger partial charge >= 0.3 is 0 Å². The van der Waals surface area contributed by atoms with Crippen molar-refractivity contribution in [3.8, 4) is 0 Å². The zero-order chi connectivity index (χ0) is 11.4. The van der Waals surface area contributed by atoms with Crippen LogP contribution in [0.5, 0.6) is 0 Å². The number of nitrogens with one attached hydrogen (secondary N) is 1. The molecule has 1 heterocycles. The Kier molecular flexibility index (Phi) is 3.93. The van der Waals surface area contributed by atoms with Crippen LogP contribution in [0.15, 0.2) is 0 Å². The molecular weight excluding hydrogens is 220 g/mol. The second-order valence-electron chi connectivity index (χ2n) is 4.25. The van der Waals surface area contributed by atoms with Crippen LogP contribution in [0.3, 0.4) is 0 Å². The van der Waals surface area contributed by atoms with Gasteiger partial charge in [-0.2, -0.15) is 0 Å². The Bertz CT molecular complexity index is 350. The van der Waals surface area contributed by atoms with Crippen LogP contribution < -0.4 is 5.32 Å². The first-order valence-electron chi connectivity index (χ1n) is 6.08. The number of carbonyl (C=O) groups excluding carboxylic acids is 1. The van der Waals surface area contributed by atoms with E-state index in [0.29, 0.717) is 6.42 Å². The molecule has 0 aliphatic heterocycles. The van der Waals surface area contributed by atoms with E-state index in [-0.39, 0.29) is 5.91 Å². The number of aromatic nitrogens is 1. The molecule has 1 aromatic heterocycles. The molecule has 0 aromatic carbocycles. The highest BCUT2D eigenvalue weighted by Gasteiger charge is 2.14. The van der Waals surface area contributed by atoms with E-state index in [9.17, 15) is 4.79 Å². The van der Waals surface area contributed by atoms with Crippen molar-refractivity contribution in [2.45, 2.75) is 51.9 Å². The molecule has 4 heteroatoms. The fourth-order valence-electron chi connectivity index (χ4n) is 1.99. The fourth-order valence-corrected chi connectivity index (χ4v) is 3.06. The lowest BCUT2D eigenvalue weighted by Crippen LogP contribution is -2.10. The van der Waals surface area contributed by atoms with E-state index in [1.54, 1.807) is 11.3 Å². The van der Waals surface area contributed by atoms with E-state index in [2.05, 4.69) is 10.3 Å². The SMILES string of the molecule is CCCC(=O)Nc1nc2c(s1)CCCCC2. The standard InChI is InChI=1S/C12H18N2OS/c1-2-6-11(15)14-12-13-9-7-4-3-5-8-10(9)16-12/h2-8H2,1H3,(H,13,14,15). The first kappa shape index (κ1) is 11.6. The second-order valence-corrected chi connectivity index (χ2v) is 5.33. The third kappa shape index (κ3) is 2.82. The van der Waals surface area contributed by atoms with Crippen molar-refractivity contribution in [3.63, 3.8) is 0 Å². The van der Waals surface area contributed by atoms with E-state index < -0.39 is 0 Å². The topological polar surface area (TPSA) is 42.0 Å². The van der Waals surface area contributed by atoms with Gasteiger partial charge < -0.3 is 5.32 Å². The van der Waals surface area contributed by atoms with Crippen molar-refractivity contribution in [3.05, 3.63) is 10.6 Å². The average molecular weight is 238 g/mol. The summed E-state index contributed by atoms with van der Waals surface area (Å²) in [6, 6.07) is 0. The summed E-state index contributed by atoms with van der Waals surface area (Å²) in [6.07, 6.45) is 7.49. The Labute approximate surface area is 100 Å². The molecule has 1 aliphatic rings. The second kappa shape index (κ2) is 5.43. The van der Waals surface area contributed by atoms with E-state index in [4.69, 9.17) is 0 Å². The predicted octanol–water partition coefficient (Wildman–Crippen LogP) is 3.15. The number of hydrogen-bond donors (Lipinski definition) is 1. The minimum absolute atomic E-state index is 0.0893. The smallest absolute Gasteiger partial charge is 0.226 e. The third-order valence-corrected chi connectivity index (χ3v) is 3.89. The largest absolute Gasteiger partial charge is 0.302 e. The highest BCUT2D eigenvalue weighted by molar-refractivity contribution is 7.15. The summed E-state index contributed by atoms with van der Waals surface area (Å²) < 4.78 is 0. The highest BCUT2D eigenvalue weighted by atomic mass is 32.1. The number of aryl methyl sites for hydroxylation is 2. The summed E-state index contributed by atoms with van der Waals surface area (Å²) >= 11 is 1.66. The van der Waals surface area contributed by atoms with Gasteiger partial charge in [-0.3, -0.25) is 4.79 Å². The summed E-state index contributed by atoms with van der Waals surface area (Å²) in [5, 5.41) is 3.69. The predicted molar refractivity (Wildman–Crippen MR) is 66.9 cm³/mol. The van der Waals surface area contributed by atoms with Crippen molar-refractivity contribution < 1.29 is 4.79 Å². The summed E-state index contributed by atoms with van der Waals surface area (Å²) in [5.41, 5.74) is 1.22. The molecule has 1 N–H and O–H groups in total.